The molecule has 0 fully saturated rings. The van der Waals surface area contributed by atoms with Crippen LogP contribution in [0.25, 0.3) is 0 Å². The summed E-state index contributed by atoms with van der Waals surface area (Å²) in [6.45, 7) is -0.0611. The van der Waals surface area contributed by atoms with E-state index in [1.807, 2.05) is 0 Å². The number of sulfonamides is 1. The third kappa shape index (κ3) is 6.59. The maximum absolute atomic E-state index is 12.9. The molecular formula is C25H22Cl2N2O7S. The van der Waals surface area contributed by atoms with E-state index >= 15 is 0 Å². The summed E-state index contributed by atoms with van der Waals surface area (Å²) in [6, 6.07) is 14.9. The van der Waals surface area contributed by atoms with E-state index in [2.05, 4.69) is 5.32 Å². The fraction of sp³-hybridized carbons (Fsp3) is 0.160. The van der Waals surface area contributed by atoms with E-state index in [-0.39, 0.29) is 44.7 Å². The van der Waals surface area contributed by atoms with E-state index in [0.717, 1.165) is 10.6 Å². The van der Waals surface area contributed by atoms with Gasteiger partial charge in [-0.1, -0.05) is 41.4 Å². The maximum Gasteiger partial charge on any atom is 0.339 e. The fourth-order valence-corrected chi connectivity index (χ4v) is 4.71. The van der Waals surface area contributed by atoms with E-state index in [1.54, 1.807) is 30.3 Å². The molecule has 12 heteroatoms. The van der Waals surface area contributed by atoms with Crippen molar-refractivity contribution in [2.75, 3.05) is 30.1 Å². The Morgan fingerprint density at radius 2 is 1.51 bits per heavy atom. The largest absolute Gasteiger partial charge is 0.465 e. The Hall–Kier alpha value is -3.60. The highest BCUT2D eigenvalue weighted by atomic mass is 35.5. The predicted octanol–water partition coefficient (Wildman–Crippen LogP) is 4.79. The molecule has 0 bridgehead atoms. The Bertz CT molecular complexity index is 1460. The zero-order chi connectivity index (χ0) is 27.3. The zero-order valence-corrected chi connectivity index (χ0v) is 22.3. The molecule has 0 radical (unpaired) electrons. The molecule has 0 atom stereocenters. The van der Waals surface area contributed by atoms with Gasteiger partial charge in [0.2, 0.25) is 10.0 Å². The Morgan fingerprint density at radius 3 is 2.11 bits per heavy atom. The Balaban J connectivity index is 1.86. The number of benzene rings is 3. The van der Waals surface area contributed by atoms with Crippen LogP contribution in [0.4, 0.5) is 11.4 Å². The number of carbonyl (C=O) groups is 3. The van der Waals surface area contributed by atoms with Crippen LogP contribution in [0, 0.1) is 0 Å². The summed E-state index contributed by atoms with van der Waals surface area (Å²) < 4.78 is 35.5. The van der Waals surface area contributed by atoms with Crippen LogP contribution in [0.3, 0.4) is 0 Å². The summed E-state index contributed by atoms with van der Waals surface area (Å²) >= 11 is 12.3. The normalized spacial score (nSPS) is 10.9. The molecule has 0 aliphatic rings. The number of anilines is 2. The highest BCUT2D eigenvalue weighted by molar-refractivity contribution is 7.92. The van der Waals surface area contributed by atoms with E-state index in [9.17, 15) is 22.8 Å². The van der Waals surface area contributed by atoms with Crippen molar-refractivity contribution in [2.45, 2.75) is 6.54 Å². The first-order valence-electron chi connectivity index (χ1n) is 10.6. The number of nitrogens with one attached hydrogen (secondary N) is 1. The van der Waals surface area contributed by atoms with Crippen LogP contribution < -0.4 is 9.62 Å². The van der Waals surface area contributed by atoms with Crippen molar-refractivity contribution < 1.29 is 32.3 Å². The molecule has 3 rings (SSSR count). The molecular weight excluding hydrogens is 543 g/mol. The minimum absolute atomic E-state index is 0.0438. The molecule has 3 aromatic rings. The Kier molecular flexibility index (Phi) is 8.80. The lowest BCUT2D eigenvalue weighted by Gasteiger charge is -2.24. The minimum atomic E-state index is -3.72. The van der Waals surface area contributed by atoms with Crippen molar-refractivity contribution in [3.05, 3.63) is 93.0 Å². The number of rotatable bonds is 8. The summed E-state index contributed by atoms with van der Waals surface area (Å²) in [5.74, 6) is -1.93. The fourth-order valence-electron chi connectivity index (χ4n) is 3.37. The number of hydrogen-bond acceptors (Lipinski definition) is 7. The lowest BCUT2D eigenvalue weighted by molar-refractivity contribution is 0.0587. The molecule has 0 aliphatic carbocycles. The van der Waals surface area contributed by atoms with Gasteiger partial charge in [0.15, 0.2) is 0 Å². The summed E-state index contributed by atoms with van der Waals surface area (Å²) in [5, 5.41) is 2.91. The second kappa shape index (κ2) is 11.6. The highest BCUT2D eigenvalue weighted by Crippen LogP contribution is 2.34. The first kappa shape index (κ1) is 28.0. The molecule has 0 saturated heterocycles. The van der Waals surface area contributed by atoms with Gasteiger partial charge >= 0.3 is 11.9 Å². The quantitative estimate of drug-likeness (QED) is 0.391. The molecule has 0 aliphatic heterocycles. The Morgan fingerprint density at radius 1 is 0.892 bits per heavy atom. The number of carbonyl (C=O) groups excluding carboxylic acids is 3. The minimum Gasteiger partial charge on any atom is -0.465 e. The first-order valence-corrected chi connectivity index (χ1v) is 13.2. The number of nitrogens with zero attached hydrogens (tertiary/aromatic N) is 1. The smallest absolute Gasteiger partial charge is 0.339 e. The van der Waals surface area contributed by atoms with Gasteiger partial charge in [0.05, 0.1) is 59.6 Å². The average Bonchev–Trinajstić information content (AvgIpc) is 2.87. The molecule has 3 aromatic carbocycles. The van der Waals surface area contributed by atoms with Crippen LogP contribution in [0.15, 0.2) is 60.7 Å². The number of esters is 2. The number of methoxy groups -OCH3 is 2. The van der Waals surface area contributed by atoms with Gasteiger partial charge in [0.25, 0.3) is 5.91 Å². The lowest BCUT2D eigenvalue weighted by Crippen LogP contribution is -2.29. The molecule has 0 unspecified atom stereocenters. The summed E-state index contributed by atoms with van der Waals surface area (Å²) in [4.78, 5) is 36.9. The number of hydrogen-bond donors (Lipinski definition) is 1. The molecule has 9 nitrogen and oxygen atoms in total. The van der Waals surface area contributed by atoms with Gasteiger partial charge in [0, 0.05) is 5.56 Å². The topological polar surface area (TPSA) is 119 Å². The zero-order valence-electron chi connectivity index (χ0n) is 19.9. The van der Waals surface area contributed by atoms with Crippen molar-refractivity contribution in [3.8, 4) is 0 Å². The molecule has 194 valence electrons. The van der Waals surface area contributed by atoms with Gasteiger partial charge in [-0.2, -0.15) is 0 Å². The molecule has 0 saturated carbocycles. The van der Waals surface area contributed by atoms with Crippen LogP contribution in [-0.4, -0.2) is 46.7 Å². The SMILES string of the molecule is COC(=O)c1ccc(C(=O)OC)c(NC(=O)c2ccc(CN(c3cccc(Cl)c3Cl)S(C)(=O)=O)cc2)c1. The van der Waals surface area contributed by atoms with Crippen molar-refractivity contribution >= 4 is 62.4 Å². The third-order valence-electron chi connectivity index (χ3n) is 5.24. The lowest BCUT2D eigenvalue weighted by atomic mass is 10.1. The number of amides is 1. The average molecular weight is 565 g/mol. The summed E-state index contributed by atoms with van der Waals surface area (Å²) in [7, 11) is -1.32. The van der Waals surface area contributed by atoms with Gasteiger partial charge in [-0.3, -0.25) is 9.10 Å². The van der Waals surface area contributed by atoms with Gasteiger partial charge in [-0.05, 0) is 48.0 Å². The van der Waals surface area contributed by atoms with Crippen LogP contribution in [0.5, 0.6) is 0 Å². The second-order valence-electron chi connectivity index (χ2n) is 7.74. The third-order valence-corrected chi connectivity index (χ3v) is 7.17. The van der Waals surface area contributed by atoms with Gasteiger partial charge in [-0.15, -0.1) is 0 Å². The summed E-state index contributed by atoms with van der Waals surface area (Å²) in [6.07, 6.45) is 1.05. The van der Waals surface area contributed by atoms with E-state index in [0.29, 0.717) is 5.56 Å². The van der Waals surface area contributed by atoms with Crippen molar-refractivity contribution in [2.24, 2.45) is 0 Å². The van der Waals surface area contributed by atoms with Crippen molar-refractivity contribution in [1.29, 1.82) is 0 Å². The van der Waals surface area contributed by atoms with E-state index < -0.39 is 27.9 Å². The molecule has 0 aromatic heterocycles. The van der Waals surface area contributed by atoms with Crippen molar-refractivity contribution in [3.63, 3.8) is 0 Å². The number of ether oxygens (including phenoxy) is 2. The molecule has 37 heavy (non-hydrogen) atoms. The van der Waals surface area contributed by atoms with Gasteiger partial charge in [-0.25, -0.2) is 18.0 Å². The molecule has 0 spiro atoms. The van der Waals surface area contributed by atoms with Gasteiger partial charge in [0.1, 0.15) is 0 Å². The van der Waals surface area contributed by atoms with Crippen LogP contribution >= 0.6 is 23.2 Å². The van der Waals surface area contributed by atoms with Gasteiger partial charge < -0.3 is 14.8 Å². The highest BCUT2D eigenvalue weighted by Gasteiger charge is 2.22. The van der Waals surface area contributed by atoms with Crippen LogP contribution in [-0.2, 0) is 26.0 Å². The molecule has 0 heterocycles. The van der Waals surface area contributed by atoms with Crippen LogP contribution in [0.2, 0.25) is 10.0 Å². The Labute approximate surface area is 223 Å². The van der Waals surface area contributed by atoms with Crippen LogP contribution in [0.1, 0.15) is 36.6 Å². The first-order chi connectivity index (χ1) is 17.5. The second-order valence-corrected chi connectivity index (χ2v) is 10.4. The maximum atomic E-state index is 12.9. The van der Waals surface area contributed by atoms with Crippen molar-refractivity contribution in [1.82, 2.24) is 0 Å². The number of halogens is 2. The predicted molar refractivity (Wildman–Crippen MR) is 141 cm³/mol. The molecule has 1 N–H and O–H groups in total. The monoisotopic (exact) mass is 564 g/mol. The standard InChI is InChI=1S/C25H22Cl2N2O7S/c1-35-24(31)17-11-12-18(25(32)36-2)20(13-17)28-23(30)16-9-7-15(8-10-16)14-29(37(3,33)34)21-6-4-5-19(26)22(21)27/h4-13H,14H2,1-3H3,(H,28,30). The summed E-state index contributed by atoms with van der Waals surface area (Å²) in [5.41, 5.74) is 1.24. The van der Waals surface area contributed by atoms with E-state index in [1.165, 1.54) is 44.6 Å². The molecule has 1 amide bonds. The van der Waals surface area contributed by atoms with E-state index in [4.69, 9.17) is 32.7 Å².